The molecule has 0 aliphatic heterocycles. The van der Waals surface area contributed by atoms with E-state index < -0.39 is 6.10 Å². The van der Waals surface area contributed by atoms with Gasteiger partial charge in [-0.1, -0.05) is 18.2 Å². The third-order valence-electron chi connectivity index (χ3n) is 3.43. The molecular weight excluding hydrogens is 271 g/mol. The standard InChI is InChI=1S/C16H27FN2O2/c1-13(2)19(3)9-8-18-10-15(20)12-21-11-14-6-4-5-7-16(14)17/h4-7,13,15,18,20H,8-12H2,1-3H3. The number of nitrogens with one attached hydrogen (secondary N) is 1. The second kappa shape index (κ2) is 9.84. The summed E-state index contributed by atoms with van der Waals surface area (Å²) in [5.41, 5.74) is 0.510. The molecule has 0 aromatic heterocycles. The van der Waals surface area contributed by atoms with Gasteiger partial charge in [0.2, 0.25) is 0 Å². The van der Waals surface area contributed by atoms with Crippen LogP contribution in [0.3, 0.4) is 0 Å². The lowest BCUT2D eigenvalue weighted by Crippen LogP contribution is -2.37. The first-order chi connectivity index (χ1) is 10.0. The molecule has 21 heavy (non-hydrogen) atoms. The van der Waals surface area contributed by atoms with Crippen LogP contribution in [-0.2, 0) is 11.3 Å². The molecular formula is C16H27FN2O2. The molecule has 1 rings (SSSR count). The largest absolute Gasteiger partial charge is 0.389 e. The Morgan fingerprint density at radius 2 is 2.05 bits per heavy atom. The van der Waals surface area contributed by atoms with E-state index in [1.165, 1.54) is 6.07 Å². The van der Waals surface area contributed by atoms with E-state index in [1.807, 2.05) is 0 Å². The zero-order valence-corrected chi connectivity index (χ0v) is 13.2. The minimum Gasteiger partial charge on any atom is -0.389 e. The van der Waals surface area contributed by atoms with Gasteiger partial charge in [-0.15, -0.1) is 0 Å². The Labute approximate surface area is 126 Å². The highest BCUT2D eigenvalue weighted by molar-refractivity contribution is 5.16. The molecule has 0 radical (unpaired) electrons. The van der Waals surface area contributed by atoms with Crippen LogP contribution in [0.5, 0.6) is 0 Å². The first-order valence-electron chi connectivity index (χ1n) is 7.41. The molecule has 1 unspecified atom stereocenters. The van der Waals surface area contributed by atoms with Gasteiger partial charge in [0, 0.05) is 31.2 Å². The van der Waals surface area contributed by atoms with Crippen molar-refractivity contribution in [1.29, 1.82) is 0 Å². The Hall–Kier alpha value is -1.01. The van der Waals surface area contributed by atoms with Gasteiger partial charge in [0.25, 0.3) is 0 Å². The summed E-state index contributed by atoms with van der Waals surface area (Å²) >= 11 is 0. The van der Waals surface area contributed by atoms with E-state index in [-0.39, 0.29) is 19.0 Å². The molecule has 0 heterocycles. The van der Waals surface area contributed by atoms with E-state index in [4.69, 9.17) is 4.74 Å². The highest BCUT2D eigenvalue weighted by Crippen LogP contribution is 2.07. The second-order valence-electron chi connectivity index (χ2n) is 5.54. The predicted molar refractivity (Wildman–Crippen MR) is 82.7 cm³/mol. The average Bonchev–Trinajstić information content (AvgIpc) is 2.45. The third-order valence-corrected chi connectivity index (χ3v) is 3.43. The molecule has 0 aliphatic rings. The van der Waals surface area contributed by atoms with Gasteiger partial charge in [0.05, 0.1) is 19.3 Å². The lowest BCUT2D eigenvalue weighted by atomic mass is 10.2. The van der Waals surface area contributed by atoms with Gasteiger partial charge in [-0.25, -0.2) is 4.39 Å². The fourth-order valence-electron chi connectivity index (χ4n) is 1.76. The van der Waals surface area contributed by atoms with Crippen molar-refractivity contribution >= 4 is 0 Å². The van der Waals surface area contributed by atoms with E-state index in [1.54, 1.807) is 18.2 Å². The van der Waals surface area contributed by atoms with Gasteiger partial charge in [-0.3, -0.25) is 0 Å². The Kier molecular flexibility index (Phi) is 8.45. The van der Waals surface area contributed by atoms with Crippen molar-refractivity contribution in [2.45, 2.75) is 32.6 Å². The molecule has 1 atom stereocenters. The average molecular weight is 298 g/mol. The van der Waals surface area contributed by atoms with Crippen molar-refractivity contribution in [1.82, 2.24) is 10.2 Å². The summed E-state index contributed by atoms with van der Waals surface area (Å²) < 4.78 is 18.7. The molecule has 1 aromatic carbocycles. The van der Waals surface area contributed by atoms with Gasteiger partial charge in [-0.05, 0) is 27.0 Å². The number of aliphatic hydroxyl groups is 1. The van der Waals surface area contributed by atoms with Crippen molar-refractivity contribution in [2.75, 3.05) is 33.3 Å². The second-order valence-corrected chi connectivity index (χ2v) is 5.54. The Morgan fingerprint density at radius 3 is 2.71 bits per heavy atom. The minimum absolute atomic E-state index is 0.180. The zero-order valence-electron chi connectivity index (χ0n) is 13.2. The molecule has 120 valence electrons. The quantitative estimate of drug-likeness (QED) is 0.645. The lowest BCUT2D eigenvalue weighted by Gasteiger charge is -2.21. The molecule has 0 aliphatic carbocycles. The van der Waals surface area contributed by atoms with Gasteiger partial charge < -0.3 is 20.1 Å². The summed E-state index contributed by atoms with van der Waals surface area (Å²) in [4.78, 5) is 2.23. The van der Waals surface area contributed by atoms with Crippen LogP contribution in [0.2, 0.25) is 0 Å². The van der Waals surface area contributed by atoms with Gasteiger partial charge in [0.15, 0.2) is 0 Å². The number of benzene rings is 1. The number of likely N-dealkylation sites (N-methyl/N-ethyl adjacent to an activating group) is 1. The van der Waals surface area contributed by atoms with Gasteiger partial charge in [-0.2, -0.15) is 0 Å². The lowest BCUT2D eigenvalue weighted by molar-refractivity contribution is 0.0277. The molecule has 4 nitrogen and oxygen atoms in total. The number of rotatable bonds is 10. The van der Waals surface area contributed by atoms with Crippen LogP contribution < -0.4 is 5.32 Å². The molecule has 5 heteroatoms. The van der Waals surface area contributed by atoms with Crippen molar-refractivity contribution in [3.63, 3.8) is 0 Å². The number of halogens is 1. The SMILES string of the molecule is CC(C)N(C)CCNCC(O)COCc1ccccc1F. The first-order valence-corrected chi connectivity index (χ1v) is 7.41. The Bertz CT molecular complexity index is 402. The summed E-state index contributed by atoms with van der Waals surface area (Å²) in [5.74, 6) is -0.276. The normalized spacial score (nSPS) is 13.1. The van der Waals surface area contributed by atoms with Crippen LogP contribution >= 0.6 is 0 Å². The third kappa shape index (κ3) is 7.52. The molecule has 2 N–H and O–H groups in total. The van der Waals surface area contributed by atoms with E-state index >= 15 is 0 Å². The molecule has 0 bridgehead atoms. The zero-order chi connectivity index (χ0) is 15.7. The monoisotopic (exact) mass is 298 g/mol. The Morgan fingerprint density at radius 1 is 1.33 bits per heavy atom. The number of nitrogens with zero attached hydrogens (tertiary/aromatic N) is 1. The smallest absolute Gasteiger partial charge is 0.128 e. The topological polar surface area (TPSA) is 44.7 Å². The highest BCUT2D eigenvalue weighted by Gasteiger charge is 2.07. The van der Waals surface area contributed by atoms with Crippen molar-refractivity contribution < 1.29 is 14.2 Å². The summed E-state index contributed by atoms with van der Waals surface area (Å²) in [7, 11) is 2.07. The summed E-state index contributed by atoms with van der Waals surface area (Å²) in [6, 6.07) is 7.02. The molecule has 0 spiro atoms. The fraction of sp³-hybridized carbons (Fsp3) is 0.625. The molecule has 1 aromatic rings. The minimum atomic E-state index is -0.582. The highest BCUT2D eigenvalue weighted by atomic mass is 19.1. The van der Waals surface area contributed by atoms with Crippen LogP contribution in [0, 0.1) is 5.82 Å². The number of hydrogen-bond acceptors (Lipinski definition) is 4. The summed E-state index contributed by atoms with van der Waals surface area (Å²) in [6.07, 6.45) is -0.582. The van der Waals surface area contributed by atoms with E-state index in [2.05, 4.69) is 31.1 Å². The maximum Gasteiger partial charge on any atom is 0.128 e. The van der Waals surface area contributed by atoms with E-state index in [0.29, 0.717) is 18.2 Å². The summed E-state index contributed by atoms with van der Waals surface area (Å²) in [5, 5.41) is 13.0. The van der Waals surface area contributed by atoms with Crippen molar-refractivity contribution in [3.8, 4) is 0 Å². The Balaban J connectivity index is 2.09. The van der Waals surface area contributed by atoms with Crippen molar-refractivity contribution in [3.05, 3.63) is 35.6 Å². The van der Waals surface area contributed by atoms with Crippen LogP contribution in [0.4, 0.5) is 4.39 Å². The van der Waals surface area contributed by atoms with Crippen molar-refractivity contribution in [2.24, 2.45) is 0 Å². The maximum absolute atomic E-state index is 13.3. The predicted octanol–water partition coefficient (Wildman–Crippen LogP) is 1.63. The number of ether oxygens (including phenoxy) is 1. The van der Waals surface area contributed by atoms with E-state index in [0.717, 1.165) is 13.1 Å². The maximum atomic E-state index is 13.3. The summed E-state index contributed by atoms with van der Waals surface area (Å²) in [6.45, 7) is 6.89. The fourth-order valence-corrected chi connectivity index (χ4v) is 1.76. The van der Waals surface area contributed by atoms with Crippen LogP contribution in [-0.4, -0.2) is 55.4 Å². The molecule has 0 fully saturated rings. The van der Waals surface area contributed by atoms with Crippen LogP contribution in [0.25, 0.3) is 0 Å². The molecule has 0 saturated heterocycles. The van der Waals surface area contributed by atoms with Crippen LogP contribution in [0.15, 0.2) is 24.3 Å². The number of aliphatic hydroxyl groups excluding tert-OH is 1. The molecule has 0 amide bonds. The number of hydrogen-bond donors (Lipinski definition) is 2. The van der Waals surface area contributed by atoms with E-state index in [9.17, 15) is 9.50 Å². The van der Waals surface area contributed by atoms with Crippen LogP contribution in [0.1, 0.15) is 19.4 Å². The van der Waals surface area contributed by atoms with Gasteiger partial charge >= 0.3 is 0 Å². The molecule has 0 saturated carbocycles. The first kappa shape index (κ1) is 18.0. The van der Waals surface area contributed by atoms with Gasteiger partial charge in [0.1, 0.15) is 5.82 Å².